The van der Waals surface area contributed by atoms with Crippen molar-refractivity contribution >= 4 is 12.1 Å². The van der Waals surface area contributed by atoms with Crippen molar-refractivity contribution in [2.75, 3.05) is 6.61 Å². The van der Waals surface area contributed by atoms with Crippen LogP contribution < -0.4 is 15.7 Å². The van der Waals surface area contributed by atoms with Crippen LogP contribution in [0.4, 0.5) is 0 Å². The molecule has 0 fully saturated rings. The van der Waals surface area contributed by atoms with E-state index in [1.165, 1.54) is 16.5 Å². The highest BCUT2D eigenvalue weighted by Gasteiger charge is 2.27. The lowest BCUT2D eigenvalue weighted by Gasteiger charge is -2.33. The molecule has 1 aromatic heterocycles. The summed E-state index contributed by atoms with van der Waals surface area (Å²) in [6.07, 6.45) is 2.40. The molecule has 0 atom stereocenters. The van der Waals surface area contributed by atoms with Crippen LogP contribution in [0.3, 0.4) is 0 Å². The molecule has 7 heteroatoms. The number of aromatic nitrogens is 2. The fourth-order valence-electron chi connectivity index (χ4n) is 4.25. The summed E-state index contributed by atoms with van der Waals surface area (Å²) in [5.41, 5.74) is 5.41. The van der Waals surface area contributed by atoms with E-state index in [4.69, 9.17) is 4.74 Å². The van der Waals surface area contributed by atoms with Crippen LogP contribution in [0.5, 0.6) is 5.75 Å². The van der Waals surface area contributed by atoms with E-state index in [1.807, 2.05) is 54.6 Å². The Labute approximate surface area is 200 Å². The third-order valence-electron chi connectivity index (χ3n) is 5.49. The van der Waals surface area contributed by atoms with E-state index in [9.17, 15) is 9.59 Å². The molecule has 34 heavy (non-hydrogen) atoms. The predicted octanol–water partition coefficient (Wildman–Crippen LogP) is 4.72. The Bertz CT molecular complexity index is 1200. The van der Waals surface area contributed by atoms with E-state index in [0.29, 0.717) is 17.0 Å². The highest BCUT2D eigenvalue weighted by molar-refractivity contribution is 5.83. The fraction of sp³-hybridized carbons (Fsp3) is 0.370. The van der Waals surface area contributed by atoms with Crippen molar-refractivity contribution in [3.63, 3.8) is 0 Å². The van der Waals surface area contributed by atoms with Crippen molar-refractivity contribution in [2.45, 2.75) is 53.4 Å². The molecule has 0 saturated carbocycles. The molecule has 0 unspecified atom stereocenters. The molecule has 7 nitrogen and oxygen atoms in total. The van der Waals surface area contributed by atoms with E-state index in [1.54, 1.807) is 6.92 Å². The Hall–Kier alpha value is -3.61. The molecule has 3 aromatic rings. The molecular formula is C27H34N4O3. The Morgan fingerprint density at radius 1 is 1.06 bits per heavy atom. The van der Waals surface area contributed by atoms with Crippen LogP contribution in [0, 0.1) is 12.3 Å². The number of hydrogen-bond donors (Lipinski definition) is 2. The number of hydrogen-bond acceptors (Lipinski definition) is 4. The van der Waals surface area contributed by atoms with Gasteiger partial charge in [0.2, 0.25) is 0 Å². The largest absolute Gasteiger partial charge is 0.484 e. The Kier molecular flexibility index (Phi) is 7.44. The van der Waals surface area contributed by atoms with Crippen LogP contribution >= 0.6 is 0 Å². The Balaban J connectivity index is 1.55. The molecule has 0 aliphatic carbocycles. The van der Waals surface area contributed by atoms with Gasteiger partial charge in [0.1, 0.15) is 5.75 Å². The van der Waals surface area contributed by atoms with Crippen molar-refractivity contribution in [3.05, 3.63) is 81.8 Å². The summed E-state index contributed by atoms with van der Waals surface area (Å²) >= 11 is 0. The number of aryl methyl sites for hydroxylation is 1. The fourth-order valence-corrected chi connectivity index (χ4v) is 4.25. The zero-order valence-electron chi connectivity index (χ0n) is 20.8. The molecule has 2 N–H and O–H groups in total. The van der Waals surface area contributed by atoms with Crippen LogP contribution in [0.2, 0.25) is 0 Å². The van der Waals surface area contributed by atoms with E-state index in [0.717, 1.165) is 12.1 Å². The summed E-state index contributed by atoms with van der Waals surface area (Å²) in [6, 6.07) is 17.1. The number of H-pyrrole nitrogens is 1. The van der Waals surface area contributed by atoms with Crippen molar-refractivity contribution in [3.8, 4) is 11.4 Å². The summed E-state index contributed by atoms with van der Waals surface area (Å²) in [6.45, 7) is 12.8. The van der Waals surface area contributed by atoms with Gasteiger partial charge in [0.25, 0.3) is 11.5 Å². The smallest absolute Gasteiger partial charge is 0.280 e. The quantitative estimate of drug-likeness (QED) is 0.375. The Morgan fingerprint density at radius 2 is 1.71 bits per heavy atom. The van der Waals surface area contributed by atoms with E-state index in [-0.39, 0.29) is 23.0 Å². The number of nitrogens with one attached hydrogen (secondary N) is 2. The van der Waals surface area contributed by atoms with Gasteiger partial charge >= 0.3 is 0 Å². The maximum Gasteiger partial charge on any atom is 0.280 e. The number of rotatable bonds is 8. The lowest BCUT2D eigenvalue weighted by atomic mass is 9.72. The number of hydrazone groups is 1. The SMILES string of the molecule is Cc1[nH]n(-c2ccccc2)c(=O)c1/C=N/NC(=O)COc1ccc(C(C)(C)CC(C)(C)C)cc1. The zero-order chi connectivity index (χ0) is 24.9. The zero-order valence-corrected chi connectivity index (χ0v) is 20.8. The highest BCUT2D eigenvalue weighted by atomic mass is 16.5. The lowest BCUT2D eigenvalue weighted by molar-refractivity contribution is -0.123. The molecule has 0 bridgehead atoms. The van der Waals surface area contributed by atoms with Crippen LogP contribution in [-0.4, -0.2) is 28.5 Å². The third-order valence-corrected chi connectivity index (χ3v) is 5.49. The van der Waals surface area contributed by atoms with Gasteiger partial charge in [-0.2, -0.15) is 5.10 Å². The molecule has 1 amide bonds. The molecule has 0 saturated heterocycles. The monoisotopic (exact) mass is 462 g/mol. The maximum absolute atomic E-state index is 12.7. The number of benzene rings is 2. The first kappa shape index (κ1) is 25.0. The van der Waals surface area contributed by atoms with Gasteiger partial charge < -0.3 is 4.74 Å². The first-order chi connectivity index (χ1) is 16.0. The maximum atomic E-state index is 12.7. The molecule has 2 aromatic carbocycles. The standard InChI is InChI=1S/C27H34N4O3/c1-19-23(25(33)31(30-19)21-10-8-7-9-11-21)16-28-29-24(32)17-34-22-14-12-20(13-15-22)27(5,6)18-26(2,3)4/h7-16,30H,17-18H2,1-6H3,(H,29,32)/b28-16+. The summed E-state index contributed by atoms with van der Waals surface area (Å²) in [4.78, 5) is 24.8. The first-order valence-electron chi connectivity index (χ1n) is 11.4. The lowest BCUT2D eigenvalue weighted by Crippen LogP contribution is -2.25. The van der Waals surface area contributed by atoms with Gasteiger partial charge in [0.15, 0.2) is 6.61 Å². The minimum atomic E-state index is -0.412. The molecule has 1 heterocycles. The van der Waals surface area contributed by atoms with Gasteiger partial charge in [0, 0.05) is 5.69 Å². The number of ether oxygens (including phenoxy) is 1. The predicted molar refractivity (Wildman–Crippen MR) is 136 cm³/mol. The van der Waals surface area contributed by atoms with Crippen molar-refractivity contribution in [1.82, 2.24) is 15.2 Å². The van der Waals surface area contributed by atoms with Crippen LogP contribution in [0.15, 0.2) is 64.5 Å². The third kappa shape index (κ3) is 6.47. The minimum absolute atomic E-state index is 0.0400. The second kappa shape index (κ2) is 10.1. The molecular weight excluding hydrogens is 428 g/mol. The van der Waals surface area contributed by atoms with E-state index < -0.39 is 5.91 Å². The van der Waals surface area contributed by atoms with Gasteiger partial charge in [-0.3, -0.25) is 14.7 Å². The second-order valence-electron chi connectivity index (χ2n) is 10.4. The van der Waals surface area contributed by atoms with Gasteiger partial charge in [0.05, 0.1) is 17.5 Å². The van der Waals surface area contributed by atoms with Gasteiger partial charge in [-0.25, -0.2) is 10.1 Å². The number of nitrogens with zero attached hydrogens (tertiary/aromatic N) is 2. The van der Waals surface area contributed by atoms with Crippen LogP contribution in [-0.2, 0) is 10.2 Å². The van der Waals surface area contributed by atoms with Crippen molar-refractivity contribution < 1.29 is 9.53 Å². The van der Waals surface area contributed by atoms with Crippen molar-refractivity contribution in [1.29, 1.82) is 0 Å². The van der Waals surface area contributed by atoms with E-state index in [2.05, 4.69) is 50.2 Å². The van der Waals surface area contributed by atoms with Gasteiger partial charge in [-0.15, -0.1) is 0 Å². The highest BCUT2D eigenvalue weighted by Crippen LogP contribution is 2.36. The first-order valence-corrected chi connectivity index (χ1v) is 11.4. The average Bonchev–Trinajstić information content (AvgIpc) is 3.05. The summed E-state index contributed by atoms with van der Waals surface area (Å²) < 4.78 is 7.03. The number of amides is 1. The number of carbonyl (C=O) groups is 1. The van der Waals surface area contributed by atoms with Crippen molar-refractivity contribution in [2.24, 2.45) is 10.5 Å². The van der Waals surface area contributed by atoms with Gasteiger partial charge in [-0.05, 0) is 54.0 Å². The second-order valence-corrected chi connectivity index (χ2v) is 10.4. The topological polar surface area (TPSA) is 88.5 Å². The molecule has 0 spiro atoms. The summed E-state index contributed by atoms with van der Waals surface area (Å²) in [7, 11) is 0. The minimum Gasteiger partial charge on any atom is -0.484 e. The average molecular weight is 463 g/mol. The normalized spacial score (nSPS) is 12.2. The van der Waals surface area contributed by atoms with E-state index >= 15 is 0 Å². The molecule has 3 rings (SSSR count). The summed E-state index contributed by atoms with van der Waals surface area (Å²) in [5.74, 6) is 0.201. The number of carbonyl (C=O) groups excluding carboxylic acids is 1. The van der Waals surface area contributed by atoms with Crippen LogP contribution in [0.25, 0.3) is 5.69 Å². The number of aromatic amines is 1. The Morgan fingerprint density at radius 3 is 2.32 bits per heavy atom. The van der Waals surface area contributed by atoms with Gasteiger partial charge in [-0.1, -0.05) is 65.0 Å². The molecule has 0 radical (unpaired) electrons. The molecule has 180 valence electrons. The summed E-state index contributed by atoms with van der Waals surface area (Å²) in [5, 5.41) is 6.94. The molecule has 0 aliphatic rings. The number of para-hydroxylation sites is 1. The molecule has 0 aliphatic heterocycles. The van der Waals surface area contributed by atoms with Crippen LogP contribution in [0.1, 0.15) is 57.9 Å².